The number of benzene rings is 2. The highest BCUT2D eigenvalue weighted by molar-refractivity contribution is 6.36. The van der Waals surface area contributed by atoms with E-state index in [4.69, 9.17) is 37.4 Å². The van der Waals surface area contributed by atoms with Gasteiger partial charge in [0, 0.05) is 16.6 Å². The van der Waals surface area contributed by atoms with Crippen LogP contribution in [0.25, 0.3) is 0 Å². The van der Waals surface area contributed by atoms with Gasteiger partial charge in [0.2, 0.25) is 5.91 Å². The third-order valence-electron chi connectivity index (χ3n) is 5.30. The summed E-state index contributed by atoms with van der Waals surface area (Å²) in [4.78, 5) is 27.1. The lowest BCUT2D eigenvalue weighted by atomic mass is 9.89. The molecule has 2 aromatic rings. The van der Waals surface area contributed by atoms with Crippen molar-refractivity contribution in [2.75, 3.05) is 27.9 Å². The number of rotatable bonds is 6. The summed E-state index contributed by atoms with van der Waals surface area (Å²) in [6.45, 7) is 0.449. The van der Waals surface area contributed by atoms with Crippen molar-refractivity contribution in [3.8, 4) is 11.5 Å². The van der Waals surface area contributed by atoms with Crippen LogP contribution in [0.3, 0.4) is 0 Å². The van der Waals surface area contributed by atoms with Gasteiger partial charge in [-0.05, 0) is 47.4 Å². The average molecular weight is 452 g/mol. The van der Waals surface area contributed by atoms with Crippen molar-refractivity contribution < 1.29 is 23.8 Å². The van der Waals surface area contributed by atoms with E-state index in [1.807, 2.05) is 12.1 Å². The van der Waals surface area contributed by atoms with Gasteiger partial charge in [0.05, 0.1) is 40.2 Å². The number of methoxy groups -OCH3 is 3. The third kappa shape index (κ3) is 4.50. The van der Waals surface area contributed by atoms with E-state index in [1.54, 1.807) is 37.3 Å². The molecule has 0 aliphatic carbocycles. The summed E-state index contributed by atoms with van der Waals surface area (Å²) in [5, 5.41) is 0.869. The Kier molecular flexibility index (Phi) is 7.10. The van der Waals surface area contributed by atoms with Crippen molar-refractivity contribution in [1.82, 2.24) is 4.90 Å². The zero-order valence-corrected chi connectivity index (χ0v) is 18.5. The quantitative estimate of drug-likeness (QED) is 0.614. The van der Waals surface area contributed by atoms with Crippen LogP contribution in [0.2, 0.25) is 10.0 Å². The van der Waals surface area contributed by atoms with Gasteiger partial charge in [-0.25, -0.2) is 0 Å². The van der Waals surface area contributed by atoms with Gasteiger partial charge in [-0.1, -0.05) is 29.3 Å². The number of hydrogen-bond donors (Lipinski definition) is 0. The molecule has 0 fully saturated rings. The van der Waals surface area contributed by atoms with Crippen LogP contribution in [0.1, 0.15) is 29.2 Å². The topological polar surface area (TPSA) is 65.1 Å². The fourth-order valence-corrected chi connectivity index (χ4v) is 4.27. The lowest BCUT2D eigenvalue weighted by Crippen LogP contribution is -2.42. The predicted octanol–water partition coefficient (Wildman–Crippen LogP) is 4.24. The molecular weight excluding hydrogens is 429 g/mol. The molecule has 8 heteroatoms. The number of carbonyl (C=O) groups is 2. The zero-order chi connectivity index (χ0) is 21.8. The predicted molar refractivity (Wildman–Crippen MR) is 115 cm³/mol. The summed E-state index contributed by atoms with van der Waals surface area (Å²) < 4.78 is 15.7. The van der Waals surface area contributed by atoms with E-state index >= 15 is 0 Å². The molecule has 0 bridgehead atoms. The van der Waals surface area contributed by atoms with E-state index in [2.05, 4.69) is 0 Å². The number of fused-ring (bicyclic) bond motifs is 1. The summed E-state index contributed by atoms with van der Waals surface area (Å²) in [5.74, 6) is 0.570. The SMILES string of the molecule is COC(=O)C[C@@H]1c2cc(OC)c(OC)cc2CCN1C(=O)Cc1c(Cl)cccc1Cl. The second-order valence-corrected chi connectivity index (χ2v) is 7.73. The largest absolute Gasteiger partial charge is 0.493 e. The van der Waals surface area contributed by atoms with Crippen molar-refractivity contribution in [1.29, 1.82) is 0 Å². The molecule has 3 rings (SSSR count). The first kappa shape index (κ1) is 22.2. The van der Waals surface area contributed by atoms with E-state index in [9.17, 15) is 9.59 Å². The highest BCUT2D eigenvalue weighted by Crippen LogP contribution is 2.40. The van der Waals surface area contributed by atoms with Crippen molar-refractivity contribution >= 4 is 35.1 Å². The molecule has 1 aliphatic heterocycles. The minimum absolute atomic E-state index is 0.0287. The smallest absolute Gasteiger partial charge is 0.307 e. The Balaban J connectivity index is 1.98. The summed E-state index contributed by atoms with van der Waals surface area (Å²) in [7, 11) is 4.45. The van der Waals surface area contributed by atoms with E-state index in [-0.39, 0.29) is 18.7 Å². The highest BCUT2D eigenvalue weighted by atomic mass is 35.5. The van der Waals surface area contributed by atoms with Crippen molar-refractivity contribution in [2.24, 2.45) is 0 Å². The molecule has 0 unspecified atom stereocenters. The number of hydrogen-bond acceptors (Lipinski definition) is 5. The molecule has 1 amide bonds. The maximum atomic E-state index is 13.2. The van der Waals surface area contributed by atoms with Crippen LogP contribution < -0.4 is 9.47 Å². The molecule has 0 saturated heterocycles. The molecule has 0 saturated carbocycles. The number of ether oxygens (including phenoxy) is 3. The molecule has 1 aliphatic rings. The number of amides is 1. The van der Waals surface area contributed by atoms with Gasteiger partial charge in [-0.3, -0.25) is 9.59 Å². The fraction of sp³-hybridized carbons (Fsp3) is 0.364. The highest BCUT2D eigenvalue weighted by Gasteiger charge is 2.34. The third-order valence-corrected chi connectivity index (χ3v) is 6.01. The first-order valence-electron chi connectivity index (χ1n) is 9.43. The van der Waals surface area contributed by atoms with Gasteiger partial charge in [0.1, 0.15) is 0 Å². The summed E-state index contributed by atoms with van der Waals surface area (Å²) >= 11 is 12.5. The van der Waals surface area contributed by atoms with E-state index in [0.29, 0.717) is 40.1 Å². The van der Waals surface area contributed by atoms with Crippen LogP contribution in [0.5, 0.6) is 11.5 Å². The molecule has 1 heterocycles. The molecule has 30 heavy (non-hydrogen) atoms. The zero-order valence-electron chi connectivity index (χ0n) is 17.0. The van der Waals surface area contributed by atoms with Gasteiger partial charge in [0.15, 0.2) is 11.5 Å². The first-order chi connectivity index (χ1) is 14.4. The molecule has 0 spiro atoms. The van der Waals surface area contributed by atoms with E-state index in [0.717, 1.165) is 11.1 Å². The van der Waals surface area contributed by atoms with Crippen LogP contribution in [0.15, 0.2) is 30.3 Å². The van der Waals surface area contributed by atoms with Gasteiger partial charge in [-0.15, -0.1) is 0 Å². The Hall–Kier alpha value is -2.44. The number of esters is 1. The van der Waals surface area contributed by atoms with Gasteiger partial charge < -0.3 is 19.1 Å². The minimum atomic E-state index is -0.491. The van der Waals surface area contributed by atoms with Crippen molar-refractivity contribution in [3.05, 3.63) is 57.1 Å². The monoisotopic (exact) mass is 451 g/mol. The molecule has 0 radical (unpaired) electrons. The lowest BCUT2D eigenvalue weighted by Gasteiger charge is -2.37. The van der Waals surface area contributed by atoms with Crippen LogP contribution in [0.4, 0.5) is 0 Å². The van der Waals surface area contributed by atoms with Crippen LogP contribution in [0, 0.1) is 0 Å². The molecule has 160 valence electrons. The first-order valence-corrected chi connectivity index (χ1v) is 10.2. The second kappa shape index (κ2) is 9.58. The Bertz CT molecular complexity index is 943. The second-order valence-electron chi connectivity index (χ2n) is 6.92. The van der Waals surface area contributed by atoms with Gasteiger partial charge in [-0.2, -0.15) is 0 Å². The Morgan fingerprint density at radius 2 is 1.70 bits per heavy atom. The summed E-state index contributed by atoms with van der Waals surface area (Å²) in [5.41, 5.74) is 2.41. The Morgan fingerprint density at radius 3 is 2.30 bits per heavy atom. The normalized spacial score (nSPS) is 15.4. The van der Waals surface area contributed by atoms with Gasteiger partial charge >= 0.3 is 5.97 Å². The number of halogens is 2. The summed E-state index contributed by atoms with van der Waals surface area (Å²) in [6, 6.07) is 8.36. The standard InChI is InChI=1S/C22H23Cl2NO5/c1-28-19-9-13-7-8-25(21(26)11-15-16(23)5-4-6-17(15)24)18(12-22(27)30-3)14(13)10-20(19)29-2/h4-6,9-10,18H,7-8,11-12H2,1-3H3/t18-/m1/s1. The van der Waals surface area contributed by atoms with Crippen molar-refractivity contribution in [3.63, 3.8) is 0 Å². The minimum Gasteiger partial charge on any atom is -0.493 e. The Morgan fingerprint density at radius 1 is 1.07 bits per heavy atom. The molecule has 6 nitrogen and oxygen atoms in total. The van der Waals surface area contributed by atoms with E-state index < -0.39 is 12.0 Å². The van der Waals surface area contributed by atoms with Crippen LogP contribution >= 0.6 is 23.2 Å². The maximum Gasteiger partial charge on any atom is 0.307 e. The Labute approximate surface area is 185 Å². The average Bonchev–Trinajstić information content (AvgIpc) is 2.75. The molecule has 2 aromatic carbocycles. The van der Waals surface area contributed by atoms with Crippen LogP contribution in [-0.2, 0) is 27.2 Å². The van der Waals surface area contributed by atoms with Gasteiger partial charge in [0.25, 0.3) is 0 Å². The number of carbonyl (C=O) groups excluding carboxylic acids is 2. The molecule has 0 aromatic heterocycles. The molecule has 0 N–H and O–H groups in total. The summed E-state index contributed by atoms with van der Waals surface area (Å²) in [6.07, 6.45) is 0.690. The van der Waals surface area contributed by atoms with Crippen LogP contribution in [-0.4, -0.2) is 44.7 Å². The van der Waals surface area contributed by atoms with E-state index in [1.165, 1.54) is 7.11 Å². The van der Waals surface area contributed by atoms with Crippen molar-refractivity contribution in [2.45, 2.75) is 25.3 Å². The lowest BCUT2D eigenvalue weighted by molar-refractivity contribution is -0.144. The molecular formula is C22H23Cl2NO5. The fourth-order valence-electron chi connectivity index (χ4n) is 3.74. The molecule has 1 atom stereocenters. The maximum absolute atomic E-state index is 13.2. The number of nitrogens with zero attached hydrogens (tertiary/aromatic N) is 1.